The van der Waals surface area contributed by atoms with Crippen LogP contribution >= 0.6 is 23.1 Å². The number of anilines is 1. The van der Waals surface area contributed by atoms with E-state index in [0.717, 1.165) is 44.0 Å². The van der Waals surface area contributed by atoms with Gasteiger partial charge in [0.15, 0.2) is 5.78 Å². The number of carbonyl (C=O) groups excluding carboxylic acids is 1. The molecule has 1 aromatic heterocycles. The molecule has 2 aliphatic rings. The molecule has 4 rings (SSSR count). The minimum absolute atomic E-state index is 0.120. The van der Waals surface area contributed by atoms with Crippen molar-refractivity contribution in [2.45, 2.75) is 13.0 Å². The van der Waals surface area contributed by atoms with Gasteiger partial charge in [0, 0.05) is 18.9 Å². The van der Waals surface area contributed by atoms with E-state index in [9.17, 15) is 4.79 Å². The number of Topliss-reactive ketones (excluding diaryl/α,β-unsaturated/α-hetero) is 1. The van der Waals surface area contributed by atoms with E-state index < -0.39 is 0 Å². The van der Waals surface area contributed by atoms with Crippen LogP contribution in [0.25, 0.3) is 10.2 Å². The van der Waals surface area contributed by atoms with Crippen molar-refractivity contribution in [1.29, 1.82) is 0 Å². The lowest BCUT2D eigenvalue weighted by atomic mass is 10.2. The summed E-state index contributed by atoms with van der Waals surface area (Å²) in [4.78, 5) is 22.8. The Balaban J connectivity index is 1.75. The summed E-state index contributed by atoms with van der Waals surface area (Å²) in [6, 6.07) is 3.92. The van der Waals surface area contributed by atoms with Crippen LogP contribution in [0, 0.1) is 0 Å². The Kier molecular flexibility index (Phi) is 3.34. The molecule has 5 nitrogen and oxygen atoms in total. The highest BCUT2D eigenvalue weighted by Gasteiger charge is 2.25. The van der Waals surface area contributed by atoms with Gasteiger partial charge in [-0.1, -0.05) is 0 Å². The van der Waals surface area contributed by atoms with Gasteiger partial charge >= 0.3 is 0 Å². The number of rotatable bonds is 2. The standard InChI is InChI=1S/C15H15N3O2S2/c1-8(19)10-7-21-14(17-10)15-16-9-5-12-11(6-13(9)22-15)18(2)3-4-20-12/h5-6,10H,3-4,7H2,1-2H3/t10-/m1/s1. The van der Waals surface area contributed by atoms with Gasteiger partial charge in [0.25, 0.3) is 0 Å². The lowest BCUT2D eigenvalue weighted by molar-refractivity contribution is -0.117. The van der Waals surface area contributed by atoms with Crippen molar-refractivity contribution < 1.29 is 9.53 Å². The van der Waals surface area contributed by atoms with Gasteiger partial charge in [-0.3, -0.25) is 9.79 Å². The summed E-state index contributed by atoms with van der Waals surface area (Å²) < 4.78 is 6.85. The Labute approximate surface area is 136 Å². The van der Waals surface area contributed by atoms with Crippen molar-refractivity contribution in [3.63, 3.8) is 0 Å². The predicted octanol–water partition coefficient (Wildman–Crippen LogP) is 2.58. The lowest BCUT2D eigenvalue weighted by Crippen LogP contribution is -2.28. The van der Waals surface area contributed by atoms with Gasteiger partial charge in [-0.15, -0.1) is 23.1 Å². The Hall–Kier alpha value is -1.60. The van der Waals surface area contributed by atoms with Crippen molar-refractivity contribution in [3.8, 4) is 5.75 Å². The largest absolute Gasteiger partial charge is 0.489 e. The van der Waals surface area contributed by atoms with Crippen LogP contribution in [-0.2, 0) is 4.79 Å². The van der Waals surface area contributed by atoms with Crippen LogP contribution in [0.15, 0.2) is 17.1 Å². The van der Waals surface area contributed by atoms with Crippen LogP contribution in [0.1, 0.15) is 11.9 Å². The first-order chi connectivity index (χ1) is 10.6. The number of nitrogens with zero attached hydrogens (tertiary/aromatic N) is 3. The molecule has 0 aliphatic carbocycles. The number of fused-ring (bicyclic) bond motifs is 2. The summed E-state index contributed by atoms with van der Waals surface area (Å²) in [5.41, 5.74) is 2.04. The summed E-state index contributed by atoms with van der Waals surface area (Å²) >= 11 is 3.24. The maximum Gasteiger partial charge on any atom is 0.155 e. The second-order valence-corrected chi connectivity index (χ2v) is 7.49. The molecule has 0 spiro atoms. The van der Waals surface area contributed by atoms with E-state index in [-0.39, 0.29) is 11.8 Å². The molecule has 22 heavy (non-hydrogen) atoms. The van der Waals surface area contributed by atoms with E-state index in [0.29, 0.717) is 6.61 Å². The second-order valence-electron chi connectivity index (χ2n) is 5.45. The summed E-state index contributed by atoms with van der Waals surface area (Å²) in [5.74, 6) is 1.73. The lowest BCUT2D eigenvalue weighted by Gasteiger charge is -2.27. The molecule has 0 bridgehead atoms. The average molecular weight is 333 g/mol. The number of aliphatic imine (C=N–C) groups is 1. The van der Waals surface area contributed by atoms with Crippen LogP contribution < -0.4 is 9.64 Å². The number of hydrogen-bond donors (Lipinski definition) is 0. The highest BCUT2D eigenvalue weighted by Crippen LogP contribution is 2.38. The van der Waals surface area contributed by atoms with Crippen molar-refractivity contribution >= 4 is 49.8 Å². The zero-order valence-electron chi connectivity index (χ0n) is 12.3. The Bertz CT molecular complexity index is 799. The van der Waals surface area contributed by atoms with E-state index >= 15 is 0 Å². The molecular formula is C15H15N3O2S2. The molecular weight excluding hydrogens is 318 g/mol. The number of benzene rings is 1. The van der Waals surface area contributed by atoms with Gasteiger partial charge < -0.3 is 9.64 Å². The number of carbonyl (C=O) groups is 1. The normalized spacial score (nSPS) is 20.7. The van der Waals surface area contributed by atoms with Crippen LogP contribution in [-0.4, -0.2) is 47.8 Å². The van der Waals surface area contributed by atoms with Gasteiger partial charge in [0.2, 0.25) is 0 Å². The first-order valence-electron chi connectivity index (χ1n) is 7.12. The third-order valence-corrected chi connectivity index (χ3v) is 6.08. The number of ketones is 1. The number of likely N-dealkylation sites (N-methyl/N-ethyl adjacent to an activating group) is 1. The number of aromatic nitrogens is 1. The number of thioether (sulfide) groups is 1. The third-order valence-electron chi connectivity index (χ3n) is 3.87. The Morgan fingerprint density at radius 2 is 2.32 bits per heavy atom. The summed E-state index contributed by atoms with van der Waals surface area (Å²) in [6.45, 7) is 3.19. The molecule has 2 aliphatic heterocycles. The third kappa shape index (κ3) is 2.28. The molecule has 0 radical (unpaired) electrons. The van der Waals surface area contributed by atoms with Crippen LogP contribution in [0.4, 0.5) is 5.69 Å². The van der Waals surface area contributed by atoms with Gasteiger partial charge in [0.05, 0.1) is 22.4 Å². The first-order valence-corrected chi connectivity index (χ1v) is 8.92. The highest BCUT2D eigenvalue weighted by atomic mass is 32.2. The topological polar surface area (TPSA) is 54.8 Å². The molecule has 0 N–H and O–H groups in total. The fourth-order valence-corrected chi connectivity index (χ4v) is 4.73. The minimum atomic E-state index is -0.213. The molecule has 7 heteroatoms. The quantitative estimate of drug-likeness (QED) is 0.845. The Morgan fingerprint density at radius 1 is 1.45 bits per heavy atom. The van der Waals surface area contributed by atoms with E-state index in [1.165, 1.54) is 0 Å². The van der Waals surface area contributed by atoms with E-state index in [1.54, 1.807) is 30.0 Å². The van der Waals surface area contributed by atoms with Crippen molar-refractivity contribution in [2.75, 3.05) is 30.9 Å². The van der Waals surface area contributed by atoms with Crippen molar-refractivity contribution in [1.82, 2.24) is 4.98 Å². The second kappa shape index (κ2) is 5.24. The Morgan fingerprint density at radius 3 is 3.09 bits per heavy atom. The van der Waals surface area contributed by atoms with Gasteiger partial charge in [-0.2, -0.15) is 0 Å². The van der Waals surface area contributed by atoms with Crippen LogP contribution in [0.5, 0.6) is 5.75 Å². The number of thiazole rings is 1. The molecule has 0 saturated carbocycles. The molecule has 114 valence electrons. The van der Waals surface area contributed by atoms with Gasteiger partial charge in [-0.05, 0) is 13.0 Å². The molecule has 0 fully saturated rings. The highest BCUT2D eigenvalue weighted by molar-refractivity contribution is 8.15. The maximum atomic E-state index is 11.4. The smallest absolute Gasteiger partial charge is 0.155 e. The van der Waals surface area contributed by atoms with Gasteiger partial charge in [0.1, 0.15) is 28.4 Å². The SMILES string of the molecule is CC(=O)[C@H]1CSC(c2nc3cc4c(cc3s2)N(C)CCO4)=N1. The van der Waals surface area contributed by atoms with E-state index in [2.05, 4.69) is 28.0 Å². The molecule has 2 aromatic rings. The van der Waals surface area contributed by atoms with Gasteiger partial charge in [-0.25, -0.2) is 4.98 Å². The predicted molar refractivity (Wildman–Crippen MR) is 91.8 cm³/mol. The monoisotopic (exact) mass is 333 g/mol. The number of hydrogen-bond acceptors (Lipinski definition) is 7. The molecule has 1 atom stereocenters. The summed E-state index contributed by atoms with van der Waals surface area (Å²) in [7, 11) is 2.07. The first kappa shape index (κ1) is 14.0. The summed E-state index contributed by atoms with van der Waals surface area (Å²) in [5, 5.41) is 1.78. The minimum Gasteiger partial charge on any atom is -0.489 e. The molecule has 1 aromatic carbocycles. The molecule has 3 heterocycles. The van der Waals surface area contributed by atoms with E-state index in [1.807, 2.05) is 6.07 Å². The molecule has 0 amide bonds. The molecule has 0 unspecified atom stereocenters. The fourth-order valence-electron chi connectivity index (χ4n) is 2.56. The fraction of sp³-hybridized carbons (Fsp3) is 0.400. The zero-order valence-corrected chi connectivity index (χ0v) is 14.0. The van der Waals surface area contributed by atoms with Crippen LogP contribution in [0.3, 0.4) is 0 Å². The summed E-state index contributed by atoms with van der Waals surface area (Å²) in [6.07, 6.45) is 0. The maximum absolute atomic E-state index is 11.4. The van der Waals surface area contributed by atoms with Crippen molar-refractivity contribution in [3.05, 3.63) is 17.1 Å². The number of ether oxygens (including phenoxy) is 1. The average Bonchev–Trinajstić information content (AvgIpc) is 3.12. The van der Waals surface area contributed by atoms with Crippen LogP contribution in [0.2, 0.25) is 0 Å². The van der Waals surface area contributed by atoms with E-state index in [4.69, 9.17) is 4.74 Å². The van der Waals surface area contributed by atoms with Crippen molar-refractivity contribution in [2.24, 2.45) is 4.99 Å². The zero-order chi connectivity index (χ0) is 15.3. The molecule has 0 saturated heterocycles.